The summed E-state index contributed by atoms with van der Waals surface area (Å²) in [6, 6.07) is 16.2. The van der Waals surface area contributed by atoms with E-state index in [1.54, 1.807) is 0 Å². The molecule has 0 atom stereocenters. The van der Waals surface area contributed by atoms with Crippen LogP contribution in [0.2, 0.25) is 0 Å². The van der Waals surface area contributed by atoms with Crippen molar-refractivity contribution in [3.8, 4) is 11.1 Å². The molecule has 0 unspecified atom stereocenters. The van der Waals surface area contributed by atoms with Gasteiger partial charge in [0.15, 0.2) is 0 Å². The van der Waals surface area contributed by atoms with Gasteiger partial charge in [0.05, 0.1) is 6.54 Å². The van der Waals surface area contributed by atoms with Crippen molar-refractivity contribution in [3.63, 3.8) is 0 Å². The van der Waals surface area contributed by atoms with E-state index in [2.05, 4.69) is 50.8 Å². The lowest BCUT2D eigenvalue weighted by atomic mass is 10.00. The highest BCUT2D eigenvalue weighted by Gasteiger charge is 2.06. The molecule has 2 rings (SSSR count). The molecule has 0 aliphatic carbocycles. The van der Waals surface area contributed by atoms with Gasteiger partial charge < -0.3 is 0 Å². The van der Waals surface area contributed by atoms with Crippen LogP contribution in [-0.2, 0) is 6.54 Å². The van der Waals surface area contributed by atoms with Crippen molar-refractivity contribution < 1.29 is 0 Å². The molecule has 2 aromatic rings. The van der Waals surface area contributed by atoms with Gasteiger partial charge in [-0.25, -0.2) is 0 Å². The normalized spacial score (nSPS) is 9.71. The Morgan fingerprint density at radius 3 is 2.35 bits per heavy atom. The molecule has 0 bridgehead atoms. The Labute approximate surface area is 113 Å². The van der Waals surface area contributed by atoms with Crippen molar-refractivity contribution in [1.29, 1.82) is 0 Å². The molecule has 0 heterocycles. The summed E-state index contributed by atoms with van der Waals surface area (Å²) in [5.41, 5.74) is 11.8. The fraction of sp³-hybridized carbons (Fsp3) is 0.0769. The second kappa shape index (κ2) is 5.70. The molecule has 0 spiro atoms. The predicted octanol–water partition coefficient (Wildman–Crippen LogP) is 4.77. The quantitative estimate of drug-likeness (QED) is 0.336. The van der Waals surface area contributed by atoms with Gasteiger partial charge in [-0.1, -0.05) is 47.6 Å². The Hall–Kier alpha value is -1.52. The second-order valence-electron chi connectivity index (χ2n) is 3.53. The number of nitrogens with zero attached hydrogens (tertiary/aromatic N) is 3. The van der Waals surface area contributed by atoms with Gasteiger partial charge in [0.2, 0.25) is 0 Å². The zero-order chi connectivity index (χ0) is 12.1. The maximum absolute atomic E-state index is 8.40. The molecule has 2 aromatic carbocycles. The second-order valence-corrected chi connectivity index (χ2v) is 4.69. The number of hydrogen-bond acceptors (Lipinski definition) is 1. The molecule has 3 nitrogen and oxygen atoms in total. The molecule has 0 N–H and O–H groups in total. The van der Waals surface area contributed by atoms with E-state index >= 15 is 0 Å². The summed E-state index contributed by atoms with van der Waals surface area (Å²) < 4.78 is 1.19. The van der Waals surface area contributed by atoms with Crippen molar-refractivity contribution in [2.75, 3.05) is 0 Å². The summed E-state index contributed by atoms with van der Waals surface area (Å²) >= 11 is 2.31. The summed E-state index contributed by atoms with van der Waals surface area (Å²) in [7, 11) is 0. The third-order valence-corrected chi connectivity index (χ3v) is 3.43. The van der Waals surface area contributed by atoms with Gasteiger partial charge in [0.25, 0.3) is 0 Å². The first-order valence-corrected chi connectivity index (χ1v) is 6.24. The van der Waals surface area contributed by atoms with Crippen molar-refractivity contribution in [1.82, 2.24) is 0 Å². The van der Waals surface area contributed by atoms with E-state index in [0.717, 1.165) is 11.1 Å². The van der Waals surface area contributed by atoms with Gasteiger partial charge in [-0.15, -0.1) is 0 Å². The molecule has 0 aromatic heterocycles. The van der Waals surface area contributed by atoms with Gasteiger partial charge >= 0.3 is 0 Å². The van der Waals surface area contributed by atoms with Gasteiger partial charge in [-0.2, -0.15) is 0 Å². The van der Waals surface area contributed by atoms with Crippen LogP contribution < -0.4 is 0 Å². The number of hydrogen-bond donors (Lipinski definition) is 0. The fourth-order valence-electron chi connectivity index (χ4n) is 1.71. The van der Waals surface area contributed by atoms with Crippen molar-refractivity contribution in [3.05, 3.63) is 68.1 Å². The first-order valence-electron chi connectivity index (χ1n) is 5.16. The maximum Gasteiger partial charge on any atom is 0.0517 e. The molecule has 17 heavy (non-hydrogen) atoms. The number of azide groups is 1. The van der Waals surface area contributed by atoms with Crippen LogP contribution in [0.1, 0.15) is 5.56 Å². The molecular weight excluding hydrogens is 325 g/mol. The van der Waals surface area contributed by atoms with Gasteiger partial charge in [0, 0.05) is 8.48 Å². The van der Waals surface area contributed by atoms with Crippen LogP contribution in [0.5, 0.6) is 0 Å². The van der Waals surface area contributed by atoms with Crippen LogP contribution in [0.15, 0.2) is 53.6 Å². The Balaban J connectivity index is 2.51. The molecule has 0 saturated heterocycles. The van der Waals surface area contributed by atoms with Gasteiger partial charge in [-0.3, -0.25) is 0 Å². The number of rotatable bonds is 3. The Morgan fingerprint density at radius 1 is 1.00 bits per heavy atom. The van der Waals surface area contributed by atoms with Crippen LogP contribution in [-0.4, -0.2) is 0 Å². The smallest absolute Gasteiger partial charge is 0.0517 e. The third kappa shape index (κ3) is 2.78. The van der Waals surface area contributed by atoms with Crippen LogP contribution in [0.4, 0.5) is 0 Å². The minimum atomic E-state index is 0.387. The van der Waals surface area contributed by atoms with E-state index in [0.29, 0.717) is 6.54 Å². The Kier molecular flexibility index (Phi) is 4.01. The van der Waals surface area contributed by atoms with Gasteiger partial charge in [-0.05, 0) is 50.9 Å². The lowest BCUT2D eigenvalue weighted by molar-refractivity contribution is 1.05. The van der Waals surface area contributed by atoms with Crippen molar-refractivity contribution in [2.45, 2.75) is 6.54 Å². The number of benzene rings is 2. The Bertz CT molecular complexity index is 574. The summed E-state index contributed by atoms with van der Waals surface area (Å²) in [5, 5.41) is 3.64. The standard InChI is InChI=1S/C13H10IN3/c14-13-8-4-3-7-12(13)11-6-2-1-5-10(11)9-16-17-15/h1-8H,9H2. The molecule has 4 heteroatoms. The largest absolute Gasteiger partial charge is 0.0893 e. The third-order valence-electron chi connectivity index (χ3n) is 2.49. The summed E-state index contributed by atoms with van der Waals surface area (Å²) in [6.07, 6.45) is 0. The summed E-state index contributed by atoms with van der Waals surface area (Å²) in [6.45, 7) is 0.387. The molecule has 0 amide bonds. The maximum atomic E-state index is 8.40. The zero-order valence-corrected chi connectivity index (χ0v) is 11.2. The van der Waals surface area contributed by atoms with Crippen LogP contribution in [0.25, 0.3) is 21.6 Å². The molecule has 0 radical (unpaired) electrons. The molecule has 0 fully saturated rings. The van der Waals surface area contributed by atoms with Gasteiger partial charge in [0.1, 0.15) is 0 Å². The fourth-order valence-corrected chi connectivity index (χ4v) is 2.39. The monoisotopic (exact) mass is 335 g/mol. The lowest BCUT2D eigenvalue weighted by Gasteiger charge is -2.09. The topological polar surface area (TPSA) is 48.8 Å². The van der Waals surface area contributed by atoms with E-state index in [-0.39, 0.29) is 0 Å². The lowest BCUT2D eigenvalue weighted by Crippen LogP contribution is -1.89. The summed E-state index contributed by atoms with van der Waals surface area (Å²) in [5.74, 6) is 0. The Morgan fingerprint density at radius 2 is 1.65 bits per heavy atom. The molecule has 84 valence electrons. The first-order chi connectivity index (χ1) is 8.33. The minimum Gasteiger partial charge on any atom is -0.0893 e. The van der Waals surface area contributed by atoms with E-state index in [1.165, 1.54) is 9.13 Å². The van der Waals surface area contributed by atoms with Crippen LogP contribution in [0, 0.1) is 3.57 Å². The molecule has 0 saturated carbocycles. The van der Waals surface area contributed by atoms with Crippen LogP contribution >= 0.6 is 22.6 Å². The highest BCUT2D eigenvalue weighted by Crippen LogP contribution is 2.28. The first kappa shape index (κ1) is 12.0. The predicted molar refractivity (Wildman–Crippen MR) is 77.4 cm³/mol. The highest BCUT2D eigenvalue weighted by atomic mass is 127. The molecule has 0 aliphatic heterocycles. The van der Waals surface area contributed by atoms with Crippen molar-refractivity contribution in [2.24, 2.45) is 5.11 Å². The van der Waals surface area contributed by atoms with E-state index in [9.17, 15) is 0 Å². The minimum absolute atomic E-state index is 0.387. The zero-order valence-electron chi connectivity index (χ0n) is 9.05. The van der Waals surface area contributed by atoms with E-state index < -0.39 is 0 Å². The number of halogens is 1. The van der Waals surface area contributed by atoms with E-state index in [1.807, 2.05) is 30.3 Å². The van der Waals surface area contributed by atoms with Crippen molar-refractivity contribution >= 4 is 22.6 Å². The SMILES string of the molecule is [N-]=[N+]=NCc1ccccc1-c1ccccc1I. The summed E-state index contributed by atoms with van der Waals surface area (Å²) in [4.78, 5) is 2.81. The molecule has 0 aliphatic rings. The molecular formula is C13H10IN3. The van der Waals surface area contributed by atoms with Crippen LogP contribution in [0.3, 0.4) is 0 Å². The average Bonchev–Trinajstić information content (AvgIpc) is 2.37. The average molecular weight is 335 g/mol. The van der Waals surface area contributed by atoms with E-state index in [4.69, 9.17) is 5.53 Å². The highest BCUT2D eigenvalue weighted by molar-refractivity contribution is 14.1.